The molecule has 6 nitrogen and oxygen atoms in total. The fourth-order valence-corrected chi connectivity index (χ4v) is 3.93. The highest BCUT2D eigenvalue weighted by atomic mass is 32.1. The number of pyridine rings is 1. The summed E-state index contributed by atoms with van der Waals surface area (Å²) in [5.41, 5.74) is 2.04. The Morgan fingerprint density at radius 2 is 2.20 bits per heavy atom. The highest BCUT2D eigenvalue weighted by Gasteiger charge is 2.31. The number of hydrogen-bond acceptors (Lipinski definition) is 6. The third-order valence-corrected chi connectivity index (χ3v) is 5.24. The van der Waals surface area contributed by atoms with E-state index in [1.165, 1.54) is 18.3 Å². The number of hydrogen-bond donors (Lipinski definition) is 1. The molecule has 1 fully saturated rings. The van der Waals surface area contributed by atoms with Crippen molar-refractivity contribution >= 4 is 22.4 Å². The molecule has 1 aliphatic rings. The van der Waals surface area contributed by atoms with Gasteiger partial charge in [0.05, 0.1) is 0 Å². The Bertz CT molecular complexity index is 761. The zero-order valence-corrected chi connectivity index (χ0v) is 15.9. The number of likely N-dealkylation sites (tertiary alicyclic amines) is 1. The van der Waals surface area contributed by atoms with E-state index in [2.05, 4.69) is 27.1 Å². The fourth-order valence-electron chi connectivity index (χ4n) is 3.05. The first-order valence-electron chi connectivity index (χ1n) is 8.47. The summed E-state index contributed by atoms with van der Waals surface area (Å²) in [5, 5.41) is 3.39. The van der Waals surface area contributed by atoms with Gasteiger partial charge in [0.2, 0.25) is 5.91 Å². The number of ether oxygens (including phenoxy) is 1. The second-order valence-electron chi connectivity index (χ2n) is 6.66. The van der Waals surface area contributed by atoms with E-state index >= 15 is 0 Å². The lowest BCUT2D eigenvalue weighted by atomic mass is 10.2. The van der Waals surface area contributed by atoms with Crippen molar-refractivity contribution in [2.75, 3.05) is 11.9 Å². The molecule has 0 spiro atoms. The molecule has 134 valence electrons. The summed E-state index contributed by atoms with van der Waals surface area (Å²) in [6.07, 6.45) is 4.88. The predicted molar refractivity (Wildman–Crippen MR) is 99.0 cm³/mol. The Kier molecular flexibility index (Phi) is 5.34. The van der Waals surface area contributed by atoms with Gasteiger partial charge in [0.25, 0.3) is 0 Å². The molecular formula is C18H24N4O2S. The molecule has 2 atom stereocenters. The van der Waals surface area contributed by atoms with Gasteiger partial charge in [0.15, 0.2) is 5.13 Å². The normalized spacial score (nSPS) is 20.6. The molecule has 0 saturated carbocycles. The number of nitrogens with zero attached hydrogens (tertiary/aromatic N) is 3. The quantitative estimate of drug-likeness (QED) is 0.887. The molecule has 0 bridgehead atoms. The molecule has 1 saturated heterocycles. The number of aromatic nitrogens is 2. The maximum Gasteiger partial charge on any atom is 0.223 e. The van der Waals surface area contributed by atoms with Gasteiger partial charge in [-0.2, -0.15) is 0 Å². The second kappa shape index (κ2) is 7.49. The molecule has 1 N–H and O–H groups in total. The number of carbonyl (C=O) groups excluding carboxylic acids is 1. The third-order valence-electron chi connectivity index (χ3n) is 4.35. The van der Waals surface area contributed by atoms with Crippen LogP contribution in [-0.2, 0) is 11.3 Å². The van der Waals surface area contributed by atoms with Crippen LogP contribution in [0, 0.1) is 13.8 Å². The van der Waals surface area contributed by atoms with E-state index in [0.717, 1.165) is 41.4 Å². The molecule has 0 aliphatic carbocycles. The van der Waals surface area contributed by atoms with E-state index in [4.69, 9.17) is 4.74 Å². The van der Waals surface area contributed by atoms with Crippen LogP contribution in [0.15, 0.2) is 18.5 Å². The van der Waals surface area contributed by atoms with Crippen LogP contribution in [0.25, 0.3) is 0 Å². The Morgan fingerprint density at radius 1 is 1.40 bits per heavy atom. The monoisotopic (exact) mass is 360 g/mol. The largest absolute Gasteiger partial charge is 0.489 e. The number of aryl methyl sites for hydroxylation is 2. The van der Waals surface area contributed by atoms with Gasteiger partial charge in [0, 0.05) is 67.1 Å². The maximum atomic E-state index is 11.1. The molecule has 3 rings (SSSR count). The van der Waals surface area contributed by atoms with Crippen LogP contribution in [0.4, 0.5) is 5.13 Å². The molecule has 1 aliphatic heterocycles. The van der Waals surface area contributed by atoms with Gasteiger partial charge in [-0.05, 0) is 20.8 Å². The number of amides is 1. The van der Waals surface area contributed by atoms with Crippen molar-refractivity contribution < 1.29 is 9.53 Å². The van der Waals surface area contributed by atoms with Crippen LogP contribution in [0.5, 0.6) is 5.75 Å². The number of anilines is 1. The molecule has 0 aromatic carbocycles. The van der Waals surface area contributed by atoms with Crippen LogP contribution in [0.3, 0.4) is 0 Å². The Balaban J connectivity index is 1.60. The predicted octanol–water partition coefficient (Wildman–Crippen LogP) is 3.16. The van der Waals surface area contributed by atoms with E-state index in [9.17, 15) is 4.79 Å². The number of carbonyl (C=O) groups is 1. The van der Waals surface area contributed by atoms with Crippen molar-refractivity contribution in [2.45, 2.75) is 52.8 Å². The average molecular weight is 360 g/mol. The van der Waals surface area contributed by atoms with Gasteiger partial charge >= 0.3 is 0 Å². The Labute approximate surface area is 152 Å². The van der Waals surface area contributed by atoms with Crippen LogP contribution in [0.1, 0.15) is 36.4 Å². The first kappa shape index (κ1) is 17.8. The molecule has 0 unspecified atom stereocenters. The smallest absolute Gasteiger partial charge is 0.223 e. The van der Waals surface area contributed by atoms with Gasteiger partial charge in [-0.15, -0.1) is 11.3 Å². The molecule has 7 heteroatoms. The minimum absolute atomic E-state index is 0.0908. The third kappa shape index (κ3) is 4.55. The van der Waals surface area contributed by atoms with Crippen molar-refractivity contribution in [3.63, 3.8) is 0 Å². The SMILES string of the molecule is CC(=O)Nc1ncc(CN2C[C@H](Oc3cc(C)ncc3C)C[C@@H]2C)s1. The van der Waals surface area contributed by atoms with Crippen LogP contribution in [0.2, 0.25) is 0 Å². The van der Waals surface area contributed by atoms with Crippen LogP contribution < -0.4 is 10.1 Å². The lowest BCUT2D eigenvalue weighted by Gasteiger charge is -2.19. The fraction of sp³-hybridized carbons (Fsp3) is 0.500. The van der Waals surface area contributed by atoms with Crippen molar-refractivity contribution in [3.05, 3.63) is 34.6 Å². The average Bonchev–Trinajstić information content (AvgIpc) is 3.10. The molecule has 2 aromatic rings. The van der Waals surface area contributed by atoms with Crippen molar-refractivity contribution in [3.8, 4) is 5.75 Å². The number of thiazole rings is 1. The van der Waals surface area contributed by atoms with E-state index < -0.39 is 0 Å². The highest BCUT2D eigenvalue weighted by molar-refractivity contribution is 7.15. The van der Waals surface area contributed by atoms with Crippen LogP contribution >= 0.6 is 11.3 Å². The van der Waals surface area contributed by atoms with E-state index in [1.807, 2.05) is 32.3 Å². The number of nitrogens with one attached hydrogen (secondary N) is 1. The van der Waals surface area contributed by atoms with Gasteiger partial charge in [-0.1, -0.05) is 0 Å². The van der Waals surface area contributed by atoms with Crippen molar-refractivity contribution in [2.24, 2.45) is 0 Å². The summed E-state index contributed by atoms with van der Waals surface area (Å²) in [4.78, 5) is 23.2. The summed E-state index contributed by atoms with van der Waals surface area (Å²) < 4.78 is 6.23. The molecule has 2 aromatic heterocycles. The zero-order valence-electron chi connectivity index (χ0n) is 15.1. The van der Waals surface area contributed by atoms with Crippen LogP contribution in [-0.4, -0.2) is 39.5 Å². The molecule has 3 heterocycles. The Hall–Kier alpha value is -1.99. The number of rotatable bonds is 5. The van der Waals surface area contributed by atoms with Crippen molar-refractivity contribution in [1.29, 1.82) is 0 Å². The van der Waals surface area contributed by atoms with Gasteiger partial charge in [-0.25, -0.2) is 4.98 Å². The standard InChI is InChI=1S/C18H24N4O2S/c1-11-7-19-12(2)5-17(11)24-15-6-13(3)22(9-15)10-16-8-20-18(25-16)21-14(4)23/h5,7-8,13,15H,6,9-10H2,1-4H3,(H,20,21,23)/t13-,15+/m0/s1. The minimum Gasteiger partial charge on any atom is -0.489 e. The summed E-state index contributed by atoms with van der Waals surface area (Å²) >= 11 is 1.53. The zero-order chi connectivity index (χ0) is 18.0. The van der Waals surface area contributed by atoms with Gasteiger partial charge in [-0.3, -0.25) is 14.7 Å². The lowest BCUT2D eigenvalue weighted by Crippen LogP contribution is -2.27. The van der Waals surface area contributed by atoms with E-state index in [-0.39, 0.29) is 12.0 Å². The highest BCUT2D eigenvalue weighted by Crippen LogP contribution is 2.28. The minimum atomic E-state index is -0.0908. The first-order valence-corrected chi connectivity index (χ1v) is 9.28. The summed E-state index contributed by atoms with van der Waals surface area (Å²) in [6, 6.07) is 2.45. The second-order valence-corrected chi connectivity index (χ2v) is 7.77. The van der Waals surface area contributed by atoms with Crippen molar-refractivity contribution in [1.82, 2.24) is 14.9 Å². The summed E-state index contributed by atoms with van der Waals surface area (Å²) in [7, 11) is 0. The Morgan fingerprint density at radius 3 is 2.96 bits per heavy atom. The van der Waals surface area contributed by atoms with Gasteiger partial charge < -0.3 is 10.1 Å². The molecule has 0 radical (unpaired) electrons. The lowest BCUT2D eigenvalue weighted by molar-refractivity contribution is -0.114. The molecular weight excluding hydrogens is 336 g/mol. The molecule has 25 heavy (non-hydrogen) atoms. The topological polar surface area (TPSA) is 67.4 Å². The van der Waals surface area contributed by atoms with Gasteiger partial charge in [0.1, 0.15) is 11.9 Å². The first-order chi connectivity index (χ1) is 11.9. The molecule has 1 amide bonds. The van der Waals surface area contributed by atoms with E-state index in [1.54, 1.807) is 0 Å². The maximum absolute atomic E-state index is 11.1. The summed E-state index contributed by atoms with van der Waals surface area (Å²) in [6.45, 7) is 9.44. The summed E-state index contributed by atoms with van der Waals surface area (Å²) in [5.74, 6) is 0.837. The van der Waals surface area contributed by atoms with E-state index in [0.29, 0.717) is 11.2 Å².